The largest absolute Gasteiger partial charge is 0.393 e. The van der Waals surface area contributed by atoms with Crippen molar-refractivity contribution in [3.05, 3.63) is 17.3 Å². The van der Waals surface area contributed by atoms with Crippen LogP contribution >= 0.6 is 11.3 Å². The van der Waals surface area contributed by atoms with Crippen LogP contribution in [0.4, 0.5) is 5.82 Å². The summed E-state index contributed by atoms with van der Waals surface area (Å²) in [6.07, 6.45) is 0.493. The molecule has 1 unspecified atom stereocenters. The lowest BCUT2D eigenvalue weighted by molar-refractivity contribution is 0.162. The van der Waals surface area contributed by atoms with E-state index in [-0.39, 0.29) is 6.10 Å². The van der Waals surface area contributed by atoms with Crippen molar-refractivity contribution in [3.8, 4) is 0 Å². The topological polar surface area (TPSA) is 61.3 Å². The molecule has 0 amide bonds. The number of hydrogen-bond acceptors (Lipinski definition) is 6. The minimum Gasteiger partial charge on any atom is -0.393 e. The lowest BCUT2D eigenvalue weighted by Crippen LogP contribution is -2.23. The molecule has 19 heavy (non-hydrogen) atoms. The van der Waals surface area contributed by atoms with Gasteiger partial charge in [-0.1, -0.05) is 0 Å². The number of nitrogens with zero attached hydrogens (tertiary/aromatic N) is 3. The molecule has 0 aliphatic heterocycles. The van der Waals surface area contributed by atoms with Crippen LogP contribution in [-0.2, 0) is 6.54 Å². The first-order valence-corrected chi connectivity index (χ1v) is 7.26. The van der Waals surface area contributed by atoms with Gasteiger partial charge < -0.3 is 10.4 Å². The van der Waals surface area contributed by atoms with E-state index in [0.29, 0.717) is 6.54 Å². The Morgan fingerprint density at radius 3 is 2.95 bits per heavy atom. The van der Waals surface area contributed by atoms with Gasteiger partial charge >= 0.3 is 0 Å². The van der Waals surface area contributed by atoms with Gasteiger partial charge in [-0.15, -0.1) is 11.3 Å². The molecule has 0 saturated heterocycles. The standard InChI is InChI=1S/C13H20N4OS/c1-9(18)4-6-17(3)8-11-15-12(14-2)10-5-7-19-13(10)16-11/h5,7,9,18H,4,6,8H2,1-3H3,(H,14,15,16). The normalized spacial score (nSPS) is 13.1. The second-order valence-corrected chi connectivity index (χ2v) is 5.65. The molecular weight excluding hydrogens is 260 g/mol. The molecule has 5 nitrogen and oxygen atoms in total. The van der Waals surface area contributed by atoms with E-state index < -0.39 is 0 Å². The van der Waals surface area contributed by atoms with Gasteiger partial charge in [-0.3, -0.25) is 4.90 Å². The van der Waals surface area contributed by atoms with Crippen LogP contribution in [0.3, 0.4) is 0 Å². The Bertz CT molecular complexity index is 540. The van der Waals surface area contributed by atoms with Crippen molar-refractivity contribution in [1.82, 2.24) is 14.9 Å². The Balaban J connectivity index is 2.11. The van der Waals surface area contributed by atoms with Crippen molar-refractivity contribution < 1.29 is 5.11 Å². The number of thiophene rings is 1. The van der Waals surface area contributed by atoms with Crippen molar-refractivity contribution in [1.29, 1.82) is 0 Å². The lowest BCUT2D eigenvalue weighted by atomic mass is 10.3. The summed E-state index contributed by atoms with van der Waals surface area (Å²) in [6.45, 7) is 3.33. The number of aliphatic hydroxyl groups is 1. The van der Waals surface area contributed by atoms with Gasteiger partial charge in [-0.25, -0.2) is 9.97 Å². The summed E-state index contributed by atoms with van der Waals surface area (Å²) in [7, 11) is 3.89. The maximum atomic E-state index is 9.30. The molecule has 2 aromatic rings. The van der Waals surface area contributed by atoms with Crippen LogP contribution in [0.25, 0.3) is 10.2 Å². The van der Waals surface area contributed by atoms with E-state index in [9.17, 15) is 5.11 Å². The van der Waals surface area contributed by atoms with Gasteiger partial charge in [0.25, 0.3) is 0 Å². The number of hydrogen-bond donors (Lipinski definition) is 2. The molecule has 0 saturated carbocycles. The van der Waals surface area contributed by atoms with Crippen molar-refractivity contribution in [2.75, 3.05) is 26.0 Å². The molecule has 0 aliphatic rings. The van der Waals surface area contributed by atoms with Crippen LogP contribution in [-0.4, -0.2) is 46.7 Å². The first-order valence-electron chi connectivity index (χ1n) is 6.38. The fourth-order valence-corrected chi connectivity index (χ4v) is 2.67. The number of nitrogens with one attached hydrogen (secondary N) is 1. The second kappa shape index (κ2) is 6.27. The van der Waals surface area contributed by atoms with E-state index >= 15 is 0 Å². The molecule has 2 rings (SSSR count). The van der Waals surface area contributed by atoms with Gasteiger partial charge in [0.2, 0.25) is 0 Å². The molecular formula is C13H20N4OS. The van der Waals surface area contributed by atoms with Gasteiger partial charge in [0.1, 0.15) is 16.5 Å². The van der Waals surface area contributed by atoms with Crippen LogP contribution in [0, 0.1) is 0 Å². The molecule has 0 spiro atoms. The Labute approximate surface area is 117 Å². The average molecular weight is 280 g/mol. The Hall–Kier alpha value is -1.24. The highest BCUT2D eigenvalue weighted by Crippen LogP contribution is 2.24. The van der Waals surface area contributed by atoms with Crippen LogP contribution in [0.1, 0.15) is 19.2 Å². The zero-order valence-corrected chi connectivity index (χ0v) is 12.4. The highest BCUT2D eigenvalue weighted by molar-refractivity contribution is 7.16. The average Bonchev–Trinajstić information content (AvgIpc) is 2.83. The number of aliphatic hydroxyl groups excluding tert-OH is 1. The summed E-state index contributed by atoms with van der Waals surface area (Å²) in [5.41, 5.74) is 0. The van der Waals surface area contributed by atoms with Crippen molar-refractivity contribution in [3.63, 3.8) is 0 Å². The van der Waals surface area contributed by atoms with Gasteiger partial charge in [0, 0.05) is 13.6 Å². The maximum Gasteiger partial charge on any atom is 0.146 e. The highest BCUT2D eigenvalue weighted by Gasteiger charge is 2.10. The van der Waals surface area contributed by atoms with Gasteiger partial charge in [-0.05, 0) is 31.8 Å². The Kier molecular flexibility index (Phi) is 4.68. The third-order valence-corrected chi connectivity index (χ3v) is 3.75. The van der Waals surface area contributed by atoms with E-state index in [4.69, 9.17) is 0 Å². The molecule has 0 bridgehead atoms. The quantitative estimate of drug-likeness (QED) is 0.846. The predicted octanol–water partition coefficient (Wildman–Crippen LogP) is 1.94. The molecule has 6 heteroatoms. The third-order valence-electron chi connectivity index (χ3n) is 2.95. The smallest absolute Gasteiger partial charge is 0.146 e. The minimum absolute atomic E-state index is 0.268. The van der Waals surface area contributed by atoms with E-state index in [1.54, 1.807) is 18.3 Å². The zero-order valence-electron chi connectivity index (χ0n) is 11.6. The monoisotopic (exact) mass is 280 g/mol. The molecule has 104 valence electrons. The summed E-state index contributed by atoms with van der Waals surface area (Å²) >= 11 is 1.63. The fraction of sp³-hybridized carbons (Fsp3) is 0.538. The van der Waals surface area contributed by atoms with E-state index in [2.05, 4.69) is 20.2 Å². The van der Waals surface area contributed by atoms with Gasteiger partial charge in [-0.2, -0.15) is 0 Å². The number of rotatable bonds is 6. The van der Waals surface area contributed by atoms with Crippen LogP contribution < -0.4 is 5.32 Å². The van der Waals surface area contributed by atoms with E-state index in [0.717, 1.165) is 34.8 Å². The van der Waals surface area contributed by atoms with Crippen LogP contribution in [0.15, 0.2) is 11.4 Å². The molecule has 0 radical (unpaired) electrons. The molecule has 1 atom stereocenters. The van der Waals surface area contributed by atoms with Crippen LogP contribution in [0.2, 0.25) is 0 Å². The number of fused-ring (bicyclic) bond motifs is 1. The number of anilines is 1. The molecule has 0 aromatic carbocycles. The second-order valence-electron chi connectivity index (χ2n) is 4.75. The molecule has 0 aliphatic carbocycles. The molecule has 2 heterocycles. The molecule has 2 aromatic heterocycles. The van der Waals surface area contributed by atoms with Crippen molar-refractivity contribution >= 4 is 27.4 Å². The summed E-state index contributed by atoms with van der Waals surface area (Å²) in [6, 6.07) is 2.03. The summed E-state index contributed by atoms with van der Waals surface area (Å²) < 4.78 is 0. The Morgan fingerprint density at radius 2 is 2.26 bits per heavy atom. The number of aromatic nitrogens is 2. The first kappa shape index (κ1) is 14.2. The van der Waals surface area contributed by atoms with Crippen molar-refractivity contribution in [2.45, 2.75) is 26.0 Å². The zero-order chi connectivity index (χ0) is 13.8. The lowest BCUT2D eigenvalue weighted by Gasteiger charge is -2.17. The predicted molar refractivity (Wildman–Crippen MR) is 79.6 cm³/mol. The Morgan fingerprint density at radius 1 is 1.47 bits per heavy atom. The first-order chi connectivity index (χ1) is 9.10. The van der Waals surface area contributed by atoms with Crippen LogP contribution in [0.5, 0.6) is 0 Å². The molecule has 0 fully saturated rings. The van der Waals surface area contributed by atoms with Crippen molar-refractivity contribution in [2.24, 2.45) is 0 Å². The summed E-state index contributed by atoms with van der Waals surface area (Å²) in [4.78, 5) is 12.3. The summed E-state index contributed by atoms with van der Waals surface area (Å²) in [5.74, 6) is 1.69. The van der Waals surface area contributed by atoms with Gasteiger partial charge in [0.15, 0.2) is 0 Å². The molecule has 2 N–H and O–H groups in total. The van der Waals surface area contributed by atoms with Gasteiger partial charge in [0.05, 0.1) is 18.0 Å². The summed E-state index contributed by atoms with van der Waals surface area (Å²) in [5, 5.41) is 15.5. The minimum atomic E-state index is -0.268. The third kappa shape index (κ3) is 3.62. The fourth-order valence-electron chi connectivity index (χ4n) is 1.89. The maximum absolute atomic E-state index is 9.30. The van der Waals surface area contributed by atoms with E-state index in [1.165, 1.54) is 0 Å². The van der Waals surface area contributed by atoms with E-state index in [1.807, 2.05) is 25.5 Å². The highest BCUT2D eigenvalue weighted by atomic mass is 32.1. The SMILES string of the molecule is CNc1nc(CN(C)CCC(C)O)nc2sccc12.